The normalized spacial score (nSPS) is 11.1. The second kappa shape index (κ2) is 5.77. The maximum atomic E-state index is 6.20. The first-order valence-electron chi connectivity index (χ1n) is 5.68. The Bertz CT molecular complexity index is 630. The minimum atomic E-state index is 0.240. The van der Waals surface area contributed by atoms with Crippen molar-refractivity contribution in [1.29, 1.82) is 0 Å². The summed E-state index contributed by atoms with van der Waals surface area (Å²) >= 11 is 13.0. The SMILES string of the molecule is CC(C)c1nc(-c2cc(Br)ccc2Cl)nc(N)c1Br. The van der Waals surface area contributed by atoms with Crippen LogP contribution >= 0.6 is 43.5 Å². The summed E-state index contributed by atoms with van der Waals surface area (Å²) in [5.41, 5.74) is 7.57. The number of hydrogen-bond donors (Lipinski definition) is 1. The van der Waals surface area contributed by atoms with E-state index in [1.165, 1.54) is 0 Å². The summed E-state index contributed by atoms with van der Waals surface area (Å²) in [6.45, 7) is 4.11. The zero-order chi connectivity index (χ0) is 14.2. The summed E-state index contributed by atoms with van der Waals surface area (Å²) in [6.07, 6.45) is 0. The average molecular weight is 406 g/mol. The molecule has 0 aliphatic heterocycles. The van der Waals surface area contributed by atoms with Crippen molar-refractivity contribution in [1.82, 2.24) is 9.97 Å². The van der Waals surface area contributed by atoms with Gasteiger partial charge in [0.15, 0.2) is 5.82 Å². The molecule has 0 aliphatic carbocycles. The summed E-state index contributed by atoms with van der Waals surface area (Å²) in [4.78, 5) is 8.86. The van der Waals surface area contributed by atoms with E-state index in [4.69, 9.17) is 17.3 Å². The van der Waals surface area contributed by atoms with E-state index in [1.807, 2.05) is 12.1 Å². The van der Waals surface area contributed by atoms with Crippen LogP contribution in [0, 0.1) is 0 Å². The van der Waals surface area contributed by atoms with Gasteiger partial charge >= 0.3 is 0 Å². The van der Waals surface area contributed by atoms with Gasteiger partial charge in [0.25, 0.3) is 0 Å². The lowest BCUT2D eigenvalue weighted by Gasteiger charge is -2.12. The molecule has 0 radical (unpaired) electrons. The molecule has 100 valence electrons. The fourth-order valence-corrected chi connectivity index (χ4v) is 2.85. The molecule has 0 atom stereocenters. The molecule has 1 aromatic heterocycles. The zero-order valence-electron chi connectivity index (χ0n) is 10.4. The number of rotatable bonds is 2. The van der Waals surface area contributed by atoms with Gasteiger partial charge in [0, 0.05) is 10.0 Å². The standard InChI is InChI=1S/C13H12Br2ClN3/c1-6(2)11-10(15)12(17)19-13(18-11)8-5-7(14)3-4-9(8)16/h3-6H,1-2H3,(H2,17,18,19). The molecule has 0 saturated carbocycles. The first-order chi connectivity index (χ1) is 8.90. The fourth-order valence-electron chi connectivity index (χ4n) is 1.65. The third-order valence-electron chi connectivity index (χ3n) is 2.62. The second-order valence-corrected chi connectivity index (χ2v) is 6.53. The van der Waals surface area contributed by atoms with Crippen LogP contribution in [0.2, 0.25) is 5.02 Å². The van der Waals surface area contributed by atoms with Crippen LogP contribution in [0.4, 0.5) is 5.82 Å². The number of nitrogens with zero attached hydrogens (tertiary/aromatic N) is 2. The summed E-state index contributed by atoms with van der Waals surface area (Å²) < 4.78 is 1.67. The lowest BCUT2D eigenvalue weighted by molar-refractivity contribution is 0.811. The van der Waals surface area contributed by atoms with Gasteiger partial charge in [-0.3, -0.25) is 0 Å². The Hall–Kier alpha value is -0.650. The number of halogens is 3. The molecule has 0 bridgehead atoms. The number of nitrogen functional groups attached to an aromatic ring is 1. The molecule has 0 saturated heterocycles. The molecule has 0 amide bonds. The molecule has 2 rings (SSSR count). The van der Waals surface area contributed by atoms with Crippen LogP contribution in [0.1, 0.15) is 25.5 Å². The molecule has 2 aromatic rings. The molecule has 19 heavy (non-hydrogen) atoms. The fraction of sp³-hybridized carbons (Fsp3) is 0.231. The highest BCUT2D eigenvalue weighted by atomic mass is 79.9. The maximum absolute atomic E-state index is 6.20. The van der Waals surface area contributed by atoms with Crippen molar-refractivity contribution in [2.24, 2.45) is 0 Å². The molecule has 2 N–H and O–H groups in total. The van der Waals surface area contributed by atoms with E-state index in [1.54, 1.807) is 6.07 Å². The highest BCUT2D eigenvalue weighted by Gasteiger charge is 2.15. The van der Waals surface area contributed by atoms with Crippen LogP contribution in [0.3, 0.4) is 0 Å². The van der Waals surface area contributed by atoms with Crippen LogP contribution in [0.25, 0.3) is 11.4 Å². The van der Waals surface area contributed by atoms with Crippen LogP contribution < -0.4 is 5.73 Å². The first kappa shape index (κ1) is 14.8. The third-order valence-corrected chi connectivity index (χ3v) is 4.25. The Balaban J connectivity index is 2.66. The van der Waals surface area contributed by atoms with Gasteiger partial charge in [0.05, 0.1) is 15.2 Å². The molecule has 3 nitrogen and oxygen atoms in total. The van der Waals surface area contributed by atoms with Crippen molar-refractivity contribution in [2.45, 2.75) is 19.8 Å². The Kier molecular flexibility index (Phi) is 4.48. The minimum Gasteiger partial charge on any atom is -0.383 e. The van der Waals surface area contributed by atoms with E-state index in [2.05, 4.69) is 55.7 Å². The van der Waals surface area contributed by atoms with Crippen molar-refractivity contribution < 1.29 is 0 Å². The lowest BCUT2D eigenvalue weighted by atomic mass is 10.1. The van der Waals surface area contributed by atoms with Crippen molar-refractivity contribution in [2.75, 3.05) is 5.73 Å². The smallest absolute Gasteiger partial charge is 0.163 e. The molecular formula is C13H12Br2ClN3. The summed E-state index contributed by atoms with van der Waals surface area (Å²) in [5, 5.41) is 0.597. The van der Waals surface area contributed by atoms with Crippen LogP contribution in [-0.4, -0.2) is 9.97 Å². The average Bonchev–Trinajstić information content (AvgIpc) is 2.35. The number of nitrogens with two attached hydrogens (primary N) is 1. The van der Waals surface area contributed by atoms with Crippen LogP contribution in [0.15, 0.2) is 27.1 Å². The molecule has 1 aromatic carbocycles. The molecule has 0 unspecified atom stereocenters. The second-order valence-electron chi connectivity index (χ2n) is 4.41. The number of anilines is 1. The molecule has 0 spiro atoms. The van der Waals surface area contributed by atoms with Crippen molar-refractivity contribution in [3.63, 3.8) is 0 Å². The highest BCUT2D eigenvalue weighted by Crippen LogP contribution is 2.33. The van der Waals surface area contributed by atoms with E-state index in [-0.39, 0.29) is 5.92 Å². The van der Waals surface area contributed by atoms with Gasteiger partial charge in [-0.2, -0.15) is 0 Å². The topological polar surface area (TPSA) is 51.8 Å². The predicted molar refractivity (Wildman–Crippen MR) is 86.4 cm³/mol. The Labute approximate surface area is 133 Å². The van der Waals surface area contributed by atoms with Gasteiger partial charge in [0.2, 0.25) is 0 Å². The summed E-state index contributed by atoms with van der Waals surface area (Å²) in [7, 11) is 0. The van der Waals surface area contributed by atoms with Gasteiger partial charge in [-0.25, -0.2) is 9.97 Å². The molecule has 6 heteroatoms. The number of benzene rings is 1. The summed E-state index contributed by atoms with van der Waals surface area (Å²) in [6, 6.07) is 5.56. The van der Waals surface area contributed by atoms with E-state index in [9.17, 15) is 0 Å². The van der Waals surface area contributed by atoms with E-state index in [0.29, 0.717) is 16.7 Å². The Morgan fingerprint density at radius 2 is 1.89 bits per heavy atom. The van der Waals surface area contributed by atoms with Crippen LogP contribution in [0.5, 0.6) is 0 Å². The van der Waals surface area contributed by atoms with Gasteiger partial charge < -0.3 is 5.73 Å². The van der Waals surface area contributed by atoms with E-state index < -0.39 is 0 Å². The zero-order valence-corrected chi connectivity index (χ0v) is 14.3. The van der Waals surface area contributed by atoms with Gasteiger partial charge in [-0.1, -0.05) is 41.4 Å². The van der Waals surface area contributed by atoms with Gasteiger partial charge in [-0.15, -0.1) is 0 Å². The molecular weight excluding hydrogens is 393 g/mol. The van der Waals surface area contributed by atoms with E-state index >= 15 is 0 Å². The monoisotopic (exact) mass is 403 g/mol. The summed E-state index contributed by atoms with van der Waals surface area (Å²) in [5.74, 6) is 1.20. The quantitative estimate of drug-likeness (QED) is 0.763. The van der Waals surface area contributed by atoms with E-state index in [0.717, 1.165) is 20.2 Å². The number of aromatic nitrogens is 2. The Morgan fingerprint density at radius 3 is 2.53 bits per heavy atom. The first-order valence-corrected chi connectivity index (χ1v) is 7.65. The van der Waals surface area contributed by atoms with Gasteiger partial charge in [-0.05, 0) is 40.0 Å². The largest absolute Gasteiger partial charge is 0.383 e. The van der Waals surface area contributed by atoms with Crippen LogP contribution in [-0.2, 0) is 0 Å². The highest BCUT2D eigenvalue weighted by molar-refractivity contribution is 9.11. The minimum absolute atomic E-state index is 0.240. The lowest BCUT2D eigenvalue weighted by Crippen LogP contribution is -2.04. The van der Waals surface area contributed by atoms with Crippen molar-refractivity contribution in [3.05, 3.63) is 37.9 Å². The molecule has 0 fully saturated rings. The van der Waals surface area contributed by atoms with Crippen molar-refractivity contribution >= 4 is 49.3 Å². The van der Waals surface area contributed by atoms with Gasteiger partial charge in [0.1, 0.15) is 5.82 Å². The Morgan fingerprint density at radius 1 is 1.21 bits per heavy atom. The maximum Gasteiger partial charge on any atom is 0.163 e. The molecule has 0 aliphatic rings. The number of hydrogen-bond acceptors (Lipinski definition) is 3. The third kappa shape index (κ3) is 3.09. The van der Waals surface area contributed by atoms with Crippen molar-refractivity contribution in [3.8, 4) is 11.4 Å². The molecule has 1 heterocycles. The predicted octanol–water partition coefficient (Wildman–Crippen LogP) is 5.03.